The molecule has 0 nitrogen and oxygen atoms in total. The molecule has 0 aromatic rings. The zero-order valence-electron chi connectivity index (χ0n) is 7.57. The molecule has 0 fully saturated rings. The van der Waals surface area contributed by atoms with Gasteiger partial charge < -0.3 is 0 Å². The van der Waals surface area contributed by atoms with Crippen molar-refractivity contribution < 1.29 is 2.74 Å². The first-order valence-corrected chi connectivity index (χ1v) is 2.62. The number of allylic oxidation sites excluding steroid dienone is 3. The van der Waals surface area contributed by atoms with Crippen molar-refractivity contribution in [1.29, 1.82) is 0 Å². The predicted octanol–water partition coefficient (Wildman–Crippen LogP) is 2.92. The van der Waals surface area contributed by atoms with Gasteiger partial charge in [-0.3, -0.25) is 0 Å². The van der Waals surface area contributed by atoms with Crippen LogP contribution in [0, 0.1) is 0 Å². The van der Waals surface area contributed by atoms with Crippen LogP contribution < -0.4 is 0 Å². The first-order chi connectivity index (χ1) is 4.57. The molecule has 0 aliphatic rings. The van der Waals surface area contributed by atoms with Gasteiger partial charge in [0.05, 0.1) is 0 Å². The fourth-order valence-corrected chi connectivity index (χ4v) is 0.285. The lowest BCUT2D eigenvalue weighted by molar-refractivity contribution is 1.18. The van der Waals surface area contributed by atoms with E-state index in [9.17, 15) is 0 Å². The maximum absolute atomic E-state index is 7.41. The van der Waals surface area contributed by atoms with Crippen LogP contribution in [0.4, 0.5) is 0 Å². The summed E-state index contributed by atoms with van der Waals surface area (Å²) in [6, 6.07) is 0. The summed E-state index contributed by atoms with van der Waals surface area (Å²) in [6.45, 7) is 7.64. The second-order valence-electron chi connectivity index (χ2n) is 2.07. The van der Waals surface area contributed by atoms with E-state index in [0.29, 0.717) is 5.57 Å². The summed E-state index contributed by atoms with van der Waals surface area (Å²) in [5.41, 5.74) is 1.76. The highest BCUT2D eigenvalue weighted by molar-refractivity contribution is 5.03. The highest BCUT2D eigenvalue weighted by atomic mass is 13.9. The van der Waals surface area contributed by atoms with Gasteiger partial charge in [0.15, 0.2) is 0 Å². The molecule has 0 saturated carbocycles. The van der Waals surface area contributed by atoms with Crippen LogP contribution in [-0.2, 0) is 0 Å². The van der Waals surface area contributed by atoms with Gasteiger partial charge in [0.1, 0.15) is 0 Å². The zero-order valence-corrected chi connectivity index (χ0v) is 5.57. The van der Waals surface area contributed by atoms with Crippen LogP contribution in [0.1, 0.15) is 29.9 Å². The Hall–Kier alpha value is -0.520. The maximum atomic E-state index is 7.41. The molecular weight excluding hydrogens is 96.1 g/mol. The molecule has 1 atom stereocenters. The smallest absolute Gasteiger partial charge is 0.0356 e. The van der Waals surface area contributed by atoms with Gasteiger partial charge in [-0.05, 0) is 27.1 Å². The fourth-order valence-electron chi connectivity index (χ4n) is 0.285. The molecule has 0 heteroatoms. The summed E-state index contributed by atoms with van der Waals surface area (Å²) < 4.78 is 14.3. The average molecular weight is 112 g/mol. The largest absolute Gasteiger partial charge is 0.0998 e. The number of rotatable bonds is 2. The third-order valence-corrected chi connectivity index (χ3v) is 0.652. The summed E-state index contributed by atoms with van der Waals surface area (Å²) in [5.74, 6) is 0. The first-order valence-electron chi connectivity index (χ1n) is 3.90. The summed E-state index contributed by atoms with van der Waals surface area (Å²) in [7, 11) is 0. The van der Waals surface area contributed by atoms with E-state index in [0.717, 1.165) is 5.57 Å². The molecule has 0 aliphatic carbocycles. The van der Waals surface area contributed by atoms with Gasteiger partial charge in [-0.15, -0.1) is 0 Å². The van der Waals surface area contributed by atoms with Gasteiger partial charge in [-0.1, -0.05) is 23.8 Å². The molecule has 0 N–H and O–H groups in total. The molecule has 0 bridgehead atoms. The van der Waals surface area contributed by atoms with E-state index in [1.54, 1.807) is 6.08 Å². The van der Waals surface area contributed by atoms with Gasteiger partial charge >= 0.3 is 0 Å². The van der Waals surface area contributed by atoms with Crippen LogP contribution in [0.15, 0.2) is 23.8 Å². The van der Waals surface area contributed by atoms with E-state index in [1.165, 1.54) is 0 Å². The first kappa shape index (κ1) is 4.37. The summed E-state index contributed by atoms with van der Waals surface area (Å²) in [5, 5.41) is 0. The van der Waals surface area contributed by atoms with Crippen molar-refractivity contribution in [1.82, 2.24) is 0 Å². The molecule has 0 spiro atoms. The minimum absolute atomic E-state index is 0.151. The Morgan fingerprint density at radius 2 is 2.50 bits per heavy atom. The molecular formula is C8H14. The second-order valence-corrected chi connectivity index (χ2v) is 2.07. The SMILES string of the molecule is [2H]CC(=C)C([2H])C=C(C)C. The van der Waals surface area contributed by atoms with Gasteiger partial charge in [0.2, 0.25) is 0 Å². The fraction of sp³-hybridized carbons (Fsp3) is 0.500. The Kier molecular flexibility index (Phi) is 1.90. The minimum Gasteiger partial charge on any atom is -0.0998 e. The Labute approximate surface area is 54.7 Å². The van der Waals surface area contributed by atoms with Crippen LogP contribution in [0.25, 0.3) is 0 Å². The van der Waals surface area contributed by atoms with E-state index in [1.807, 2.05) is 13.8 Å². The lowest BCUT2D eigenvalue weighted by Gasteiger charge is -1.89. The lowest BCUT2D eigenvalue weighted by Crippen LogP contribution is -1.68. The Morgan fingerprint density at radius 3 is 2.88 bits per heavy atom. The van der Waals surface area contributed by atoms with Crippen molar-refractivity contribution in [2.45, 2.75) is 27.1 Å². The molecule has 0 aromatic heterocycles. The van der Waals surface area contributed by atoms with Gasteiger partial charge in [-0.25, -0.2) is 0 Å². The number of hydrogen-bond donors (Lipinski definition) is 0. The maximum Gasteiger partial charge on any atom is 0.0356 e. The molecule has 8 heavy (non-hydrogen) atoms. The lowest BCUT2D eigenvalue weighted by atomic mass is 10.2. The van der Waals surface area contributed by atoms with Crippen molar-refractivity contribution in [2.24, 2.45) is 0 Å². The van der Waals surface area contributed by atoms with E-state index in [-0.39, 0.29) is 13.3 Å². The molecule has 0 heterocycles. The van der Waals surface area contributed by atoms with Crippen molar-refractivity contribution in [3.63, 3.8) is 0 Å². The van der Waals surface area contributed by atoms with Crippen LogP contribution in [-0.4, -0.2) is 0 Å². The molecule has 1 unspecified atom stereocenters. The molecule has 0 saturated heterocycles. The van der Waals surface area contributed by atoms with Crippen LogP contribution in [0.5, 0.6) is 0 Å². The highest BCUT2D eigenvalue weighted by Crippen LogP contribution is 1.99. The minimum atomic E-state index is -0.387. The third-order valence-electron chi connectivity index (χ3n) is 0.652. The normalized spacial score (nSPS) is 15.8. The molecule has 46 valence electrons. The zero-order chi connectivity index (χ0) is 8.15. The molecule has 0 rings (SSSR count). The molecule has 0 radical (unpaired) electrons. The Morgan fingerprint density at radius 1 is 1.88 bits per heavy atom. The second kappa shape index (κ2) is 3.48. The summed E-state index contributed by atoms with van der Waals surface area (Å²) in [6.07, 6.45) is 1.42. The molecule has 0 aliphatic heterocycles. The Bertz CT molecular complexity index is 143. The van der Waals surface area contributed by atoms with E-state index < -0.39 is 0 Å². The summed E-state index contributed by atoms with van der Waals surface area (Å²) in [4.78, 5) is 0. The predicted molar refractivity (Wildman–Crippen MR) is 38.9 cm³/mol. The monoisotopic (exact) mass is 112 g/mol. The molecule has 0 aromatic carbocycles. The van der Waals surface area contributed by atoms with Gasteiger partial charge in [0, 0.05) is 2.74 Å². The highest BCUT2D eigenvalue weighted by Gasteiger charge is 1.78. The van der Waals surface area contributed by atoms with Crippen LogP contribution in [0.2, 0.25) is 0 Å². The molecule has 0 amide bonds. The number of hydrogen-bond acceptors (Lipinski definition) is 0. The van der Waals surface area contributed by atoms with Gasteiger partial charge in [0.25, 0.3) is 0 Å². The van der Waals surface area contributed by atoms with Crippen LogP contribution >= 0.6 is 0 Å². The van der Waals surface area contributed by atoms with Crippen molar-refractivity contribution in [3.8, 4) is 0 Å². The van der Waals surface area contributed by atoms with E-state index in [2.05, 4.69) is 6.58 Å². The Balaban J connectivity index is 3.96. The van der Waals surface area contributed by atoms with Crippen molar-refractivity contribution in [2.75, 3.05) is 0 Å². The van der Waals surface area contributed by atoms with Crippen LogP contribution in [0.3, 0.4) is 0 Å². The topological polar surface area (TPSA) is 0 Å². The van der Waals surface area contributed by atoms with Crippen molar-refractivity contribution >= 4 is 0 Å². The third kappa shape index (κ3) is 5.48. The van der Waals surface area contributed by atoms with Gasteiger partial charge in [-0.2, -0.15) is 0 Å². The summed E-state index contributed by atoms with van der Waals surface area (Å²) >= 11 is 0. The quantitative estimate of drug-likeness (QED) is 0.482. The standard InChI is InChI=1S/C8H14/c1-7(2)5-6-8(3)4/h6H,1,5H2,2-4H3/i2D,5D. The van der Waals surface area contributed by atoms with E-state index >= 15 is 0 Å². The van der Waals surface area contributed by atoms with Crippen molar-refractivity contribution in [3.05, 3.63) is 23.8 Å². The average Bonchev–Trinajstić information content (AvgIpc) is 1.85. The van der Waals surface area contributed by atoms with E-state index in [4.69, 9.17) is 2.74 Å².